The van der Waals surface area contributed by atoms with Crippen molar-refractivity contribution in [2.45, 2.75) is 6.42 Å². The van der Waals surface area contributed by atoms with Crippen molar-refractivity contribution in [2.24, 2.45) is 0 Å². The number of hydrogen-bond donors (Lipinski definition) is 1. The molecule has 0 saturated carbocycles. The van der Waals surface area contributed by atoms with Crippen molar-refractivity contribution in [1.29, 1.82) is 5.41 Å². The lowest BCUT2D eigenvalue weighted by atomic mass is 9.90. The van der Waals surface area contributed by atoms with Crippen molar-refractivity contribution in [3.8, 4) is 44.5 Å². The first-order valence-corrected chi connectivity index (χ1v) is 18.4. The third-order valence-corrected chi connectivity index (χ3v) is 10.6. The Kier molecular flexibility index (Phi) is 9.64. The van der Waals surface area contributed by atoms with Crippen LogP contribution in [0.5, 0.6) is 0 Å². The molecule has 9 aromatic rings. The topological polar surface area (TPSA) is 23.9 Å². The standard InChI is InChI=1S/C37H25NS.C13H12/c38-24-31-15-8-16-36-37(31)34-23-30(18-20-35(34)39-36)32-19-17-29(22-33(32)26-11-5-2-6-12-26)28-14-7-13-27(21-28)25-9-3-1-4-10-25;1-3-7-12(8-4-1)11-13-9-5-2-6-10-13/h1-24,38H;1-10H,11H2. The minimum Gasteiger partial charge on any atom is -0.308 e. The molecule has 0 aliphatic heterocycles. The summed E-state index contributed by atoms with van der Waals surface area (Å²) >= 11 is 1.79. The Morgan fingerprint density at radius 3 is 1.58 bits per heavy atom. The fourth-order valence-electron chi connectivity index (χ4n) is 6.91. The Hall–Kier alpha value is -6.35. The molecule has 8 aromatic carbocycles. The molecule has 1 nitrogen and oxygen atoms in total. The van der Waals surface area contributed by atoms with Gasteiger partial charge in [0.15, 0.2) is 0 Å². The van der Waals surface area contributed by atoms with Gasteiger partial charge in [-0.15, -0.1) is 11.3 Å². The molecule has 1 aromatic heterocycles. The summed E-state index contributed by atoms with van der Waals surface area (Å²) in [6, 6.07) is 70.9. The van der Waals surface area contributed by atoms with Crippen molar-refractivity contribution in [3.05, 3.63) is 217 Å². The molecule has 0 amide bonds. The third-order valence-electron chi connectivity index (χ3n) is 9.50. The molecule has 0 unspecified atom stereocenters. The van der Waals surface area contributed by atoms with Gasteiger partial charge < -0.3 is 5.41 Å². The van der Waals surface area contributed by atoms with Gasteiger partial charge in [-0.25, -0.2) is 0 Å². The summed E-state index contributed by atoms with van der Waals surface area (Å²) in [6.07, 6.45) is 2.50. The molecule has 52 heavy (non-hydrogen) atoms. The Labute approximate surface area is 309 Å². The summed E-state index contributed by atoms with van der Waals surface area (Å²) in [7, 11) is 0. The summed E-state index contributed by atoms with van der Waals surface area (Å²) in [6.45, 7) is 0. The quantitative estimate of drug-likeness (QED) is 0.162. The van der Waals surface area contributed by atoms with E-state index in [1.54, 1.807) is 11.3 Å². The molecule has 0 spiro atoms. The van der Waals surface area contributed by atoms with E-state index in [4.69, 9.17) is 5.41 Å². The van der Waals surface area contributed by atoms with Crippen LogP contribution >= 0.6 is 11.3 Å². The third kappa shape index (κ3) is 7.11. The number of nitrogens with one attached hydrogen (secondary N) is 1. The molecule has 1 heterocycles. The van der Waals surface area contributed by atoms with Crippen molar-refractivity contribution in [1.82, 2.24) is 0 Å². The molecule has 1 N–H and O–H groups in total. The zero-order valence-corrected chi connectivity index (χ0v) is 29.6. The maximum absolute atomic E-state index is 7.96. The Bertz CT molecular complexity index is 2550. The van der Waals surface area contributed by atoms with Crippen LogP contribution in [0.1, 0.15) is 16.7 Å². The van der Waals surface area contributed by atoms with E-state index in [1.165, 1.54) is 82.0 Å². The second-order valence-corrected chi connectivity index (χ2v) is 14.0. The lowest BCUT2D eigenvalue weighted by Gasteiger charge is -2.14. The van der Waals surface area contributed by atoms with Gasteiger partial charge in [0.1, 0.15) is 0 Å². The Balaban J connectivity index is 0.000000250. The predicted molar refractivity (Wildman–Crippen MR) is 225 cm³/mol. The molecule has 0 bridgehead atoms. The van der Waals surface area contributed by atoms with E-state index in [1.807, 2.05) is 12.1 Å². The molecule has 2 heteroatoms. The minimum atomic E-state index is 0.966. The fourth-order valence-corrected chi connectivity index (χ4v) is 8.03. The van der Waals surface area contributed by atoms with Gasteiger partial charge in [0, 0.05) is 32.0 Å². The molecule has 0 saturated heterocycles. The summed E-state index contributed by atoms with van der Waals surface area (Å²) < 4.78 is 2.47. The number of thiophene rings is 1. The maximum atomic E-state index is 7.96. The first-order chi connectivity index (χ1) is 25.7. The van der Waals surface area contributed by atoms with Crippen molar-refractivity contribution >= 4 is 37.7 Å². The van der Waals surface area contributed by atoms with Gasteiger partial charge in [-0.05, 0) is 92.4 Å². The second kappa shape index (κ2) is 15.3. The summed E-state index contributed by atoms with van der Waals surface area (Å²) in [5, 5.41) is 10.3. The van der Waals surface area contributed by atoms with Crippen LogP contribution in [0.4, 0.5) is 0 Å². The smallest absolute Gasteiger partial charge is 0.0361 e. The van der Waals surface area contributed by atoms with Crippen molar-refractivity contribution in [2.75, 3.05) is 0 Å². The molecule has 9 rings (SSSR count). The first-order valence-electron chi connectivity index (χ1n) is 17.6. The number of hydrogen-bond acceptors (Lipinski definition) is 2. The van der Waals surface area contributed by atoms with Crippen LogP contribution in [0, 0.1) is 5.41 Å². The average molecular weight is 684 g/mol. The van der Waals surface area contributed by atoms with Gasteiger partial charge in [0.2, 0.25) is 0 Å². The predicted octanol–water partition coefficient (Wildman–Crippen LogP) is 14.0. The normalized spacial score (nSPS) is 10.8. The highest BCUT2D eigenvalue weighted by Gasteiger charge is 2.14. The summed E-state index contributed by atoms with van der Waals surface area (Å²) in [5.74, 6) is 0. The summed E-state index contributed by atoms with van der Waals surface area (Å²) in [5.41, 5.74) is 13.3. The van der Waals surface area contributed by atoms with Crippen LogP contribution in [0.3, 0.4) is 0 Å². The van der Waals surface area contributed by atoms with Gasteiger partial charge >= 0.3 is 0 Å². The first kappa shape index (κ1) is 32.8. The van der Waals surface area contributed by atoms with Gasteiger partial charge in [0.05, 0.1) is 0 Å². The van der Waals surface area contributed by atoms with Crippen LogP contribution in [-0.2, 0) is 6.42 Å². The lowest BCUT2D eigenvalue weighted by Crippen LogP contribution is -1.88. The molecular weight excluding hydrogens is 647 g/mol. The molecule has 248 valence electrons. The van der Waals surface area contributed by atoms with Crippen molar-refractivity contribution < 1.29 is 0 Å². The molecule has 0 aliphatic rings. The fraction of sp³-hybridized carbons (Fsp3) is 0.0200. The molecular formula is C50H37NS. The van der Waals surface area contributed by atoms with E-state index < -0.39 is 0 Å². The SMILES string of the molecule is N=Cc1cccc2sc3ccc(-c4ccc(-c5cccc(-c6ccccc6)c5)cc4-c4ccccc4)cc3c12.c1ccc(Cc2ccccc2)cc1. The molecule has 0 fully saturated rings. The monoisotopic (exact) mass is 683 g/mol. The zero-order valence-electron chi connectivity index (χ0n) is 28.7. The number of rotatable bonds is 7. The average Bonchev–Trinajstić information content (AvgIpc) is 3.61. The van der Waals surface area contributed by atoms with E-state index in [9.17, 15) is 0 Å². The molecule has 0 atom stereocenters. The minimum absolute atomic E-state index is 0.966. The summed E-state index contributed by atoms with van der Waals surface area (Å²) in [4.78, 5) is 0. The van der Waals surface area contributed by atoms with E-state index >= 15 is 0 Å². The number of fused-ring (bicyclic) bond motifs is 3. The largest absolute Gasteiger partial charge is 0.308 e. The maximum Gasteiger partial charge on any atom is 0.0361 e. The van der Waals surface area contributed by atoms with Crippen molar-refractivity contribution in [3.63, 3.8) is 0 Å². The zero-order chi connectivity index (χ0) is 35.1. The van der Waals surface area contributed by atoms with E-state index in [-0.39, 0.29) is 0 Å². The van der Waals surface area contributed by atoms with Gasteiger partial charge in [0.25, 0.3) is 0 Å². The van der Waals surface area contributed by atoms with Crippen LogP contribution in [0.15, 0.2) is 200 Å². The van der Waals surface area contributed by atoms with Crippen LogP contribution < -0.4 is 0 Å². The highest BCUT2D eigenvalue weighted by Crippen LogP contribution is 2.41. The Morgan fingerprint density at radius 1 is 0.385 bits per heavy atom. The highest BCUT2D eigenvalue weighted by atomic mass is 32.1. The molecule has 0 aliphatic carbocycles. The highest BCUT2D eigenvalue weighted by molar-refractivity contribution is 7.25. The van der Waals surface area contributed by atoms with E-state index in [0.29, 0.717) is 0 Å². The van der Waals surface area contributed by atoms with Gasteiger partial charge in [-0.1, -0.05) is 170 Å². The van der Waals surface area contributed by atoms with E-state index in [0.717, 1.165) is 12.0 Å². The van der Waals surface area contributed by atoms with Crippen LogP contribution in [0.25, 0.3) is 64.7 Å². The van der Waals surface area contributed by atoms with Crippen LogP contribution in [0.2, 0.25) is 0 Å². The van der Waals surface area contributed by atoms with Gasteiger partial charge in [-0.3, -0.25) is 0 Å². The van der Waals surface area contributed by atoms with Gasteiger partial charge in [-0.2, -0.15) is 0 Å². The number of benzene rings is 8. The second-order valence-electron chi connectivity index (χ2n) is 12.9. The van der Waals surface area contributed by atoms with E-state index in [2.05, 4.69) is 188 Å². The lowest BCUT2D eigenvalue weighted by molar-refractivity contribution is 1.19. The molecule has 0 radical (unpaired) electrons. The Morgan fingerprint density at radius 2 is 0.923 bits per heavy atom. The van der Waals surface area contributed by atoms with Crippen LogP contribution in [-0.4, -0.2) is 6.21 Å².